The molecule has 0 aliphatic heterocycles. The molecule has 0 saturated carbocycles. The van der Waals surface area contributed by atoms with Crippen molar-refractivity contribution in [3.05, 3.63) is 69.2 Å². The van der Waals surface area contributed by atoms with Gasteiger partial charge in [-0.05, 0) is 55.0 Å². The first-order chi connectivity index (χ1) is 12.9. The number of ether oxygens (including phenoxy) is 1. The van der Waals surface area contributed by atoms with Crippen molar-refractivity contribution in [1.82, 2.24) is 5.32 Å². The zero-order valence-corrected chi connectivity index (χ0v) is 16.5. The minimum atomic E-state index is -0.866. The monoisotopic (exact) mass is 405 g/mol. The molecule has 2 aromatic carbocycles. The highest BCUT2D eigenvalue weighted by molar-refractivity contribution is 6.42. The van der Waals surface area contributed by atoms with Crippen LogP contribution >= 0.6 is 23.2 Å². The van der Waals surface area contributed by atoms with E-state index in [0.717, 1.165) is 24.8 Å². The van der Waals surface area contributed by atoms with Crippen LogP contribution < -0.4 is 5.32 Å². The molecular formula is C21H21Cl2NO3. The number of hydrogen-bond acceptors (Lipinski definition) is 3. The third-order valence-electron chi connectivity index (χ3n) is 4.70. The quantitative estimate of drug-likeness (QED) is 0.735. The van der Waals surface area contributed by atoms with Crippen molar-refractivity contribution in [2.45, 2.75) is 44.8 Å². The maximum absolute atomic E-state index is 12.5. The maximum atomic E-state index is 12.5. The van der Waals surface area contributed by atoms with Crippen LogP contribution in [0.4, 0.5) is 0 Å². The van der Waals surface area contributed by atoms with Crippen LogP contribution in [0.25, 0.3) is 0 Å². The van der Waals surface area contributed by atoms with Crippen LogP contribution in [-0.4, -0.2) is 18.0 Å². The molecular weight excluding hydrogens is 385 g/mol. The Labute approximate surface area is 168 Å². The van der Waals surface area contributed by atoms with Gasteiger partial charge in [-0.1, -0.05) is 53.5 Å². The highest BCUT2D eigenvalue weighted by Crippen LogP contribution is 2.29. The molecule has 1 N–H and O–H groups in total. The van der Waals surface area contributed by atoms with Crippen molar-refractivity contribution in [3.63, 3.8) is 0 Å². The number of rotatable bonds is 5. The number of benzene rings is 2. The summed E-state index contributed by atoms with van der Waals surface area (Å²) in [5, 5.41) is 3.81. The lowest BCUT2D eigenvalue weighted by molar-refractivity contribution is -0.154. The fraction of sp³-hybridized carbons (Fsp3) is 0.333. The zero-order valence-electron chi connectivity index (χ0n) is 15.0. The van der Waals surface area contributed by atoms with Crippen molar-refractivity contribution in [3.8, 4) is 0 Å². The third kappa shape index (κ3) is 5.02. The van der Waals surface area contributed by atoms with Crippen molar-refractivity contribution >= 4 is 35.1 Å². The lowest BCUT2D eigenvalue weighted by atomic mass is 9.87. The lowest BCUT2D eigenvalue weighted by Crippen LogP contribution is -2.39. The molecule has 3 rings (SSSR count). The fourth-order valence-corrected chi connectivity index (χ4v) is 3.62. The molecule has 4 nitrogen and oxygen atoms in total. The Kier molecular flexibility index (Phi) is 6.40. The van der Waals surface area contributed by atoms with Gasteiger partial charge in [0.25, 0.3) is 5.91 Å². The number of nitrogens with one attached hydrogen (secondary N) is 1. The van der Waals surface area contributed by atoms with Gasteiger partial charge in [0.1, 0.15) is 0 Å². The molecule has 142 valence electrons. The van der Waals surface area contributed by atoms with Crippen LogP contribution in [-0.2, 0) is 27.2 Å². The molecule has 1 aliphatic rings. The summed E-state index contributed by atoms with van der Waals surface area (Å²) in [6.07, 6.45) is 2.09. The Hall–Kier alpha value is -2.04. The summed E-state index contributed by atoms with van der Waals surface area (Å²) in [5.74, 6) is -0.778. The largest absolute Gasteiger partial charge is 0.452 e. The Bertz CT molecular complexity index is 853. The van der Waals surface area contributed by atoms with Gasteiger partial charge in [0.2, 0.25) is 0 Å². The van der Waals surface area contributed by atoms with Crippen LogP contribution in [0, 0.1) is 0 Å². The smallest absolute Gasteiger partial charge is 0.311 e. The van der Waals surface area contributed by atoms with E-state index in [1.165, 1.54) is 5.56 Å². The van der Waals surface area contributed by atoms with E-state index >= 15 is 0 Å². The van der Waals surface area contributed by atoms with E-state index in [9.17, 15) is 9.59 Å². The predicted octanol–water partition coefficient (Wildman–Crippen LogP) is 4.66. The molecule has 6 heteroatoms. The number of amides is 1. The van der Waals surface area contributed by atoms with Gasteiger partial charge in [-0.15, -0.1) is 0 Å². The summed E-state index contributed by atoms with van der Waals surface area (Å²) in [6.45, 7) is 1.58. The Balaban J connectivity index is 1.56. The first kappa shape index (κ1) is 19.7. The fourth-order valence-electron chi connectivity index (χ4n) is 3.30. The van der Waals surface area contributed by atoms with E-state index in [4.69, 9.17) is 27.9 Å². The van der Waals surface area contributed by atoms with Crippen molar-refractivity contribution in [1.29, 1.82) is 0 Å². The molecule has 0 spiro atoms. The summed E-state index contributed by atoms with van der Waals surface area (Å²) in [5.41, 5.74) is 3.09. The minimum Gasteiger partial charge on any atom is -0.452 e. The van der Waals surface area contributed by atoms with E-state index in [0.29, 0.717) is 15.6 Å². The maximum Gasteiger partial charge on any atom is 0.311 e. The molecule has 0 unspecified atom stereocenters. The van der Waals surface area contributed by atoms with Crippen LogP contribution in [0.15, 0.2) is 42.5 Å². The molecule has 0 radical (unpaired) electrons. The van der Waals surface area contributed by atoms with E-state index in [2.05, 4.69) is 11.4 Å². The number of fused-ring (bicyclic) bond motifs is 1. The van der Waals surface area contributed by atoms with Crippen molar-refractivity contribution < 1.29 is 14.3 Å². The molecule has 0 bridgehead atoms. The number of carbonyl (C=O) groups is 2. The topological polar surface area (TPSA) is 55.4 Å². The summed E-state index contributed by atoms with van der Waals surface area (Å²) in [7, 11) is 0. The van der Waals surface area contributed by atoms with Gasteiger partial charge in [-0.2, -0.15) is 0 Å². The molecule has 1 amide bonds. The Morgan fingerprint density at radius 1 is 1.19 bits per heavy atom. The van der Waals surface area contributed by atoms with Gasteiger partial charge < -0.3 is 10.1 Å². The summed E-state index contributed by atoms with van der Waals surface area (Å²) in [6, 6.07) is 13.0. The number of carbonyl (C=O) groups excluding carboxylic acids is 2. The van der Waals surface area contributed by atoms with E-state index in [1.54, 1.807) is 25.1 Å². The summed E-state index contributed by atoms with van der Waals surface area (Å²) < 4.78 is 5.29. The molecule has 0 heterocycles. The van der Waals surface area contributed by atoms with Crippen LogP contribution in [0.3, 0.4) is 0 Å². The van der Waals surface area contributed by atoms with Crippen LogP contribution in [0.1, 0.15) is 42.5 Å². The molecule has 2 atom stereocenters. The second kappa shape index (κ2) is 8.77. The summed E-state index contributed by atoms with van der Waals surface area (Å²) >= 11 is 11.8. The van der Waals surface area contributed by atoms with Gasteiger partial charge in [-0.3, -0.25) is 9.59 Å². The second-order valence-corrected chi connectivity index (χ2v) is 7.52. The van der Waals surface area contributed by atoms with E-state index in [-0.39, 0.29) is 18.4 Å². The number of halogens is 2. The molecule has 1 aliphatic carbocycles. The Morgan fingerprint density at radius 3 is 2.74 bits per heavy atom. The predicted molar refractivity (Wildman–Crippen MR) is 106 cm³/mol. The first-order valence-electron chi connectivity index (χ1n) is 8.95. The zero-order chi connectivity index (χ0) is 19.4. The standard InChI is InChI=1S/C21H21Cl2NO3/c1-13(27-20(25)12-14-9-10-17(22)18(23)11-14)21(26)24-19-8-4-6-15-5-2-3-7-16(15)19/h2-3,5,7,9-11,13,19H,4,6,8,12H2,1H3,(H,24,26)/t13-,19+/m0/s1. The highest BCUT2D eigenvalue weighted by atomic mass is 35.5. The average molecular weight is 406 g/mol. The van der Waals surface area contributed by atoms with E-state index < -0.39 is 12.1 Å². The molecule has 27 heavy (non-hydrogen) atoms. The molecule has 0 fully saturated rings. The molecule has 0 aromatic heterocycles. The molecule has 0 saturated heterocycles. The van der Waals surface area contributed by atoms with E-state index in [1.807, 2.05) is 18.2 Å². The lowest BCUT2D eigenvalue weighted by Gasteiger charge is -2.27. The minimum absolute atomic E-state index is 0.0285. The number of esters is 1. The number of hydrogen-bond donors (Lipinski definition) is 1. The normalized spacial score (nSPS) is 16.9. The number of aryl methyl sites for hydroxylation is 1. The first-order valence-corrected chi connectivity index (χ1v) is 9.71. The van der Waals surface area contributed by atoms with Gasteiger partial charge in [0.05, 0.1) is 22.5 Å². The average Bonchev–Trinajstić information content (AvgIpc) is 2.65. The van der Waals surface area contributed by atoms with Gasteiger partial charge in [0, 0.05) is 0 Å². The van der Waals surface area contributed by atoms with Crippen molar-refractivity contribution in [2.75, 3.05) is 0 Å². The Morgan fingerprint density at radius 2 is 1.96 bits per heavy atom. The van der Waals surface area contributed by atoms with Gasteiger partial charge in [0.15, 0.2) is 6.10 Å². The SMILES string of the molecule is C[C@H](OC(=O)Cc1ccc(Cl)c(Cl)c1)C(=O)N[C@@H]1CCCc2ccccc21. The van der Waals surface area contributed by atoms with Crippen LogP contribution in [0.2, 0.25) is 10.0 Å². The molecule has 2 aromatic rings. The van der Waals surface area contributed by atoms with Gasteiger partial charge in [-0.25, -0.2) is 0 Å². The van der Waals surface area contributed by atoms with Crippen LogP contribution in [0.5, 0.6) is 0 Å². The summed E-state index contributed by atoms with van der Waals surface area (Å²) in [4.78, 5) is 24.6. The van der Waals surface area contributed by atoms with Crippen molar-refractivity contribution in [2.24, 2.45) is 0 Å². The second-order valence-electron chi connectivity index (χ2n) is 6.71. The highest BCUT2D eigenvalue weighted by Gasteiger charge is 2.25. The van der Waals surface area contributed by atoms with Gasteiger partial charge >= 0.3 is 5.97 Å². The third-order valence-corrected chi connectivity index (χ3v) is 5.43.